The van der Waals surface area contributed by atoms with E-state index in [4.69, 9.17) is 9.84 Å². The Morgan fingerprint density at radius 3 is 2.31 bits per heavy atom. The molecule has 1 fully saturated rings. The monoisotopic (exact) mass is 585 g/mol. The van der Waals surface area contributed by atoms with Crippen molar-refractivity contribution in [3.8, 4) is 0 Å². The van der Waals surface area contributed by atoms with Crippen LogP contribution in [0, 0.1) is 0 Å². The number of aromatic nitrogens is 3. The molecule has 1 aromatic carbocycles. The number of benzene rings is 1. The van der Waals surface area contributed by atoms with Crippen LogP contribution in [0.3, 0.4) is 0 Å². The third-order valence-corrected chi connectivity index (χ3v) is 6.88. The van der Waals surface area contributed by atoms with E-state index in [-0.39, 0.29) is 42.9 Å². The molecule has 0 atom stereocenters. The van der Waals surface area contributed by atoms with Gasteiger partial charge in [0.1, 0.15) is 5.60 Å². The summed E-state index contributed by atoms with van der Waals surface area (Å²) >= 11 is 0. The molecule has 42 heavy (non-hydrogen) atoms. The second kappa shape index (κ2) is 12.7. The number of amides is 1. The largest absolute Gasteiger partial charge is 0.481 e. The van der Waals surface area contributed by atoms with Gasteiger partial charge in [0.15, 0.2) is 0 Å². The summed E-state index contributed by atoms with van der Waals surface area (Å²) in [5.74, 6) is -0.765. The predicted molar refractivity (Wildman–Crippen MR) is 150 cm³/mol. The summed E-state index contributed by atoms with van der Waals surface area (Å²) in [4.78, 5) is 37.5. The Labute approximate surface area is 242 Å². The fraction of sp³-hybridized carbons (Fsp3) is 0.433. The van der Waals surface area contributed by atoms with Gasteiger partial charge in [-0.25, -0.2) is 14.8 Å². The number of carbonyl (C=O) groups excluding carboxylic acids is 1. The minimum Gasteiger partial charge on any atom is -0.481 e. The Hall–Kier alpha value is -4.22. The van der Waals surface area contributed by atoms with Crippen LogP contribution in [0.25, 0.3) is 0 Å². The van der Waals surface area contributed by atoms with Crippen molar-refractivity contribution in [3.63, 3.8) is 0 Å². The van der Waals surface area contributed by atoms with Gasteiger partial charge in [-0.3, -0.25) is 9.78 Å². The number of aryl methyl sites for hydroxylation is 2. The maximum absolute atomic E-state index is 13.7. The van der Waals surface area contributed by atoms with E-state index in [1.54, 1.807) is 17.0 Å². The summed E-state index contributed by atoms with van der Waals surface area (Å²) in [5, 5.41) is 12.1. The number of alkyl halides is 3. The van der Waals surface area contributed by atoms with E-state index >= 15 is 0 Å². The van der Waals surface area contributed by atoms with Crippen LogP contribution in [0.4, 0.5) is 29.6 Å². The highest BCUT2D eigenvalue weighted by Gasteiger charge is 2.35. The molecule has 1 amide bonds. The maximum atomic E-state index is 13.7. The number of likely N-dealkylation sites (tertiary alicyclic amines) is 1. The van der Waals surface area contributed by atoms with Gasteiger partial charge in [0, 0.05) is 36.9 Å². The smallest absolute Gasteiger partial charge is 0.419 e. The fourth-order valence-electron chi connectivity index (χ4n) is 4.85. The molecule has 0 saturated carbocycles. The topological polar surface area (TPSA) is 118 Å². The number of rotatable bonds is 8. The molecular weight excluding hydrogens is 551 g/mol. The number of ether oxygens (including phenoxy) is 1. The normalized spacial score (nSPS) is 14.5. The van der Waals surface area contributed by atoms with E-state index in [0.717, 1.165) is 24.6 Å². The van der Waals surface area contributed by atoms with E-state index in [1.165, 1.54) is 6.20 Å². The zero-order valence-electron chi connectivity index (χ0n) is 23.7. The number of anilines is 2. The van der Waals surface area contributed by atoms with Gasteiger partial charge in [-0.05, 0) is 81.7 Å². The van der Waals surface area contributed by atoms with Gasteiger partial charge in [0.25, 0.3) is 0 Å². The average molecular weight is 586 g/mol. The highest BCUT2D eigenvalue weighted by Crippen LogP contribution is 2.33. The van der Waals surface area contributed by atoms with Gasteiger partial charge < -0.3 is 20.1 Å². The fourth-order valence-corrected chi connectivity index (χ4v) is 4.85. The molecule has 1 aliphatic rings. The van der Waals surface area contributed by atoms with Crippen LogP contribution in [-0.4, -0.2) is 55.7 Å². The number of carboxylic acid groups (broad SMARTS) is 1. The Morgan fingerprint density at radius 1 is 1.02 bits per heavy atom. The van der Waals surface area contributed by atoms with Crippen LogP contribution in [0.2, 0.25) is 0 Å². The zero-order chi connectivity index (χ0) is 30.5. The van der Waals surface area contributed by atoms with Gasteiger partial charge >= 0.3 is 18.2 Å². The van der Waals surface area contributed by atoms with Crippen LogP contribution >= 0.6 is 0 Å². The summed E-state index contributed by atoms with van der Waals surface area (Å²) in [7, 11) is 0. The lowest BCUT2D eigenvalue weighted by Gasteiger charge is -2.33. The Balaban J connectivity index is 1.42. The first-order valence-electron chi connectivity index (χ1n) is 13.7. The van der Waals surface area contributed by atoms with Crippen molar-refractivity contribution in [1.29, 1.82) is 0 Å². The van der Waals surface area contributed by atoms with Crippen LogP contribution in [0.1, 0.15) is 67.6 Å². The number of aliphatic carboxylic acids is 1. The molecule has 2 N–H and O–H groups in total. The molecule has 0 aliphatic carbocycles. The number of pyridine rings is 1. The SMILES string of the molecule is CC(C)(C)OC(=O)N1CCC(c2ccc(Nc3ncc(C(F)(F)F)c(CCc4ncccc4CC(=O)O)n3)cc2)CC1. The van der Waals surface area contributed by atoms with Crippen molar-refractivity contribution in [2.75, 3.05) is 18.4 Å². The zero-order valence-corrected chi connectivity index (χ0v) is 23.7. The lowest BCUT2D eigenvalue weighted by molar-refractivity contribution is -0.139. The van der Waals surface area contributed by atoms with Crippen LogP contribution in [0.5, 0.6) is 0 Å². The second-order valence-corrected chi connectivity index (χ2v) is 11.2. The Bertz CT molecular complexity index is 1400. The van der Waals surface area contributed by atoms with Gasteiger partial charge in [-0.1, -0.05) is 18.2 Å². The molecule has 3 heterocycles. The molecule has 0 bridgehead atoms. The van der Waals surface area contributed by atoms with E-state index < -0.39 is 23.3 Å². The molecule has 12 heteroatoms. The molecule has 9 nitrogen and oxygen atoms in total. The van der Waals surface area contributed by atoms with Crippen molar-refractivity contribution in [2.45, 2.75) is 70.6 Å². The van der Waals surface area contributed by atoms with Crippen LogP contribution in [0.15, 0.2) is 48.8 Å². The first-order chi connectivity index (χ1) is 19.8. The van der Waals surface area contributed by atoms with Crippen molar-refractivity contribution < 1.29 is 32.6 Å². The van der Waals surface area contributed by atoms with E-state index in [2.05, 4.69) is 20.3 Å². The molecule has 1 aliphatic heterocycles. The van der Waals surface area contributed by atoms with Crippen molar-refractivity contribution in [1.82, 2.24) is 19.9 Å². The third-order valence-electron chi connectivity index (χ3n) is 6.88. The number of hydrogen-bond acceptors (Lipinski definition) is 7. The maximum Gasteiger partial charge on any atom is 0.419 e. The van der Waals surface area contributed by atoms with E-state index in [0.29, 0.717) is 30.0 Å². The number of carboxylic acids is 1. The molecule has 3 aromatic rings. The second-order valence-electron chi connectivity index (χ2n) is 11.2. The van der Waals surface area contributed by atoms with Gasteiger partial charge in [-0.2, -0.15) is 13.2 Å². The molecule has 0 spiro atoms. The van der Waals surface area contributed by atoms with Gasteiger partial charge in [0.2, 0.25) is 5.95 Å². The van der Waals surface area contributed by atoms with E-state index in [1.807, 2.05) is 45.0 Å². The minimum atomic E-state index is -4.65. The summed E-state index contributed by atoms with van der Waals surface area (Å²) in [6, 6.07) is 10.7. The standard InChI is InChI=1S/C30H34F3N5O4/c1-29(2,3)42-28(41)38-15-12-20(13-16-38)19-6-8-22(9-7-19)36-27-35-18-23(30(31,32)33)25(37-27)11-10-24-21(17-26(39)40)5-4-14-34-24/h4-9,14,18,20H,10-13,15-17H2,1-3H3,(H,39,40)(H,35,36,37). The van der Waals surface area contributed by atoms with E-state index in [9.17, 15) is 22.8 Å². The minimum absolute atomic E-state index is 0.0169. The predicted octanol–water partition coefficient (Wildman–Crippen LogP) is 6.16. The Kier molecular flexibility index (Phi) is 9.33. The molecule has 224 valence electrons. The van der Waals surface area contributed by atoms with Gasteiger partial charge in [-0.15, -0.1) is 0 Å². The van der Waals surface area contributed by atoms with Crippen LogP contribution in [-0.2, 0) is 35.0 Å². The summed E-state index contributed by atoms with van der Waals surface area (Å²) < 4.78 is 46.6. The average Bonchev–Trinajstić information content (AvgIpc) is 2.91. The highest BCUT2D eigenvalue weighted by molar-refractivity contribution is 5.70. The number of hydrogen-bond donors (Lipinski definition) is 2. The molecule has 2 aromatic heterocycles. The molecular formula is C30H34F3N5O4. The number of halogens is 3. The summed E-state index contributed by atoms with van der Waals surface area (Å²) in [6.07, 6.45) is -1.42. The first kappa shape index (κ1) is 30.7. The molecule has 4 rings (SSSR count). The highest BCUT2D eigenvalue weighted by atomic mass is 19.4. The number of piperidine rings is 1. The first-order valence-corrected chi connectivity index (χ1v) is 13.7. The molecule has 1 saturated heterocycles. The summed E-state index contributed by atoms with van der Waals surface area (Å²) in [6.45, 7) is 6.71. The number of carbonyl (C=O) groups is 2. The lowest BCUT2D eigenvalue weighted by atomic mass is 9.89. The summed E-state index contributed by atoms with van der Waals surface area (Å²) in [5.41, 5.74) is 0.876. The van der Waals surface area contributed by atoms with Crippen molar-refractivity contribution in [3.05, 3.63) is 76.9 Å². The quantitative estimate of drug-likeness (QED) is 0.323. The van der Waals surface area contributed by atoms with Crippen molar-refractivity contribution in [2.24, 2.45) is 0 Å². The third kappa shape index (κ3) is 8.40. The van der Waals surface area contributed by atoms with Gasteiger partial charge in [0.05, 0.1) is 17.7 Å². The number of nitrogens with zero attached hydrogens (tertiary/aromatic N) is 4. The number of nitrogens with one attached hydrogen (secondary N) is 1. The Morgan fingerprint density at radius 2 is 1.69 bits per heavy atom. The molecule has 0 radical (unpaired) electrons. The van der Waals surface area contributed by atoms with Crippen LogP contribution < -0.4 is 5.32 Å². The lowest BCUT2D eigenvalue weighted by Crippen LogP contribution is -2.41. The van der Waals surface area contributed by atoms with Crippen molar-refractivity contribution >= 4 is 23.7 Å². The molecule has 0 unspecified atom stereocenters.